The van der Waals surface area contributed by atoms with Gasteiger partial charge in [0.25, 0.3) is 0 Å². The molecule has 0 aliphatic carbocycles. The maximum absolute atomic E-state index is 12.1. The smallest absolute Gasteiger partial charge is 0.408 e. The maximum atomic E-state index is 12.1. The molecule has 2 heterocycles. The fourth-order valence-electron chi connectivity index (χ4n) is 4.22. The van der Waals surface area contributed by atoms with Gasteiger partial charge in [0.2, 0.25) is 0 Å². The summed E-state index contributed by atoms with van der Waals surface area (Å²) >= 11 is 0. The number of alkyl carbamates (subject to hydrolysis) is 1. The van der Waals surface area contributed by atoms with Crippen LogP contribution >= 0.6 is 0 Å². The molecule has 1 unspecified atom stereocenters. The Kier molecular flexibility index (Phi) is 8.09. The number of carboxylic acids is 1. The lowest BCUT2D eigenvalue weighted by Gasteiger charge is -2.22. The molecular formula is C30H33N3O6. The number of aliphatic carboxylic acids is 1. The largest absolute Gasteiger partial charge is 0.497 e. The van der Waals surface area contributed by atoms with Gasteiger partial charge in [-0.2, -0.15) is 0 Å². The third-order valence-corrected chi connectivity index (χ3v) is 6.00. The van der Waals surface area contributed by atoms with Crippen molar-refractivity contribution in [3.63, 3.8) is 0 Å². The van der Waals surface area contributed by atoms with Gasteiger partial charge in [0.15, 0.2) is 0 Å². The van der Waals surface area contributed by atoms with E-state index in [0.717, 1.165) is 33.5 Å². The van der Waals surface area contributed by atoms with Gasteiger partial charge >= 0.3 is 12.1 Å². The molecule has 2 aromatic carbocycles. The van der Waals surface area contributed by atoms with E-state index in [1.54, 1.807) is 58.3 Å². The third-order valence-electron chi connectivity index (χ3n) is 6.00. The molecule has 4 aromatic rings. The van der Waals surface area contributed by atoms with Gasteiger partial charge in [-0.3, -0.25) is 0 Å². The van der Waals surface area contributed by atoms with E-state index in [4.69, 9.17) is 14.2 Å². The first-order valence-corrected chi connectivity index (χ1v) is 12.6. The summed E-state index contributed by atoms with van der Waals surface area (Å²) in [6.45, 7) is 7.83. The van der Waals surface area contributed by atoms with Crippen LogP contribution in [0.15, 0.2) is 67.0 Å². The average molecular weight is 532 g/mol. The van der Waals surface area contributed by atoms with Gasteiger partial charge in [-0.05, 0) is 74.7 Å². The molecule has 9 nitrogen and oxygen atoms in total. The number of ether oxygens (including phenoxy) is 3. The second kappa shape index (κ2) is 11.5. The van der Waals surface area contributed by atoms with E-state index < -0.39 is 23.7 Å². The summed E-state index contributed by atoms with van der Waals surface area (Å²) in [5.41, 5.74) is 2.98. The number of carbonyl (C=O) groups is 2. The van der Waals surface area contributed by atoms with Crippen molar-refractivity contribution < 1.29 is 28.9 Å². The number of aryl methyl sites for hydroxylation is 1. The van der Waals surface area contributed by atoms with Crippen LogP contribution < -0.4 is 14.8 Å². The van der Waals surface area contributed by atoms with Crippen LogP contribution in [0, 0.1) is 6.92 Å². The van der Waals surface area contributed by atoms with E-state index in [1.165, 1.54) is 0 Å². The molecule has 9 heteroatoms. The van der Waals surface area contributed by atoms with E-state index >= 15 is 0 Å². The number of hydrogen-bond donors (Lipinski definition) is 2. The number of carboxylic acid groups (broad SMARTS) is 1. The topological polar surface area (TPSA) is 112 Å². The Bertz CT molecular complexity index is 1450. The normalized spacial score (nSPS) is 12.1. The lowest BCUT2D eigenvalue weighted by atomic mass is 10.1. The number of nitrogens with one attached hydrogen (secondary N) is 1. The van der Waals surface area contributed by atoms with E-state index in [0.29, 0.717) is 18.0 Å². The second-order valence-electron chi connectivity index (χ2n) is 10.3. The number of methoxy groups -OCH3 is 1. The highest BCUT2D eigenvalue weighted by atomic mass is 16.6. The molecular weight excluding hydrogens is 498 g/mol. The van der Waals surface area contributed by atoms with Crippen LogP contribution in [0.5, 0.6) is 17.2 Å². The van der Waals surface area contributed by atoms with Crippen molar-refractivity contribution in [3.05, 3.63) is 83.7 Å². The third kappa shape index (κ3) is 7.07. The molecule has 2 N–H and O–H groups in total. The number of benzene rings is 2. The Morgan fingerprint density at radius 1 is 1.00 bits per heavy atom. The van der Waals surface area contributed by atoms with Crippen LogP contribution in [0.3, 0.4) is 0 Å². The fraction of sp³-hybridized carbons (Fsp3) is 0.300. The van der Waals surface area contributed by atoms with Gasteiger partial charge in [-0.1, -0.05) is 24.3 Å². The number of rotatable bonds is 9. The zero-order chi connectivity index (χ0) is 28.2. The number of carbonyl (C=O) groups excluding carboxylic acids is 1. The molecule has 0 aliphatic heterocycles. The summed E-state index contributed by atoms with van der Waals surface area (Å²) in [6, 6.07) is 15.7. The van der Waals surface area contributed by atoms with E-state index in [1.807, 2.05) is 37.3 Å². The van der Waals surface area contributed by atoms with Gasteiger partial charge in [0, 0.05) is 25.4 Å². The van der Waals surface area contributed by atoms with Crippen molar-refractivity contribution in [1.82, 2.24) is 14.9 Å². The Hall–Kier alpha value is -4.53. The number of fused-ring (bicyclic) bond motifs is 1. The monoisotopic (exact) mass is 531 g/mol. The summed E-state index contributed by atoms with van der Waals surface area (Å²) in [6.07, 6.45) is 3.10. The minimum Gasteiger partial charge on any atom is -0.497 e. The first-order chi connectivity index (χ1) is 18.5. The predicted molar refractivity (Wildman–Crippen MR) is 148 cm³/mol. The fourth-order valence-corrected chi connectivity index (χ4v) is 4.22. The summed E-state index contributed by atoms with van der Waals surface area (Å²) in [5, 5.41) is 12.9. The summed E-state index contributed by atoms with van der Waals surface area (Å²) in [4.78, 5) is 28.4. The Morgan fingerprint density at radius 2 is 1.64 bits per heavy atom. The van der Waals surface area contributed by atoms with Gasteiger partial charge in [0.05, 0.1) is 12.5 Å². The van der Waals surface area contributed by atoms with Crippen LogP contribution in [-0.4, -0.2) is 45.5 Å². The summed E-state index contributed by atoms with van der Waals surface area (Å²) in [7, 11) is 1.65. The molecule has 0 bridgehead atoms. The Morgan fingerprint density at radius 3 is 2.26 bits per heavy atom. The lowest BCUT2D eigenvalue weighted by molar-refractivity contribution is -0.139. The number of aromatic nitrogens is 2. The standard InChI is InChI=1S/C30H33N3O6/c1-19-17-33(18-21-8-10-22(37-5)11-9-21)27-26(19)25(14-15-31-27)38-23-12-6-20(7-13-23)16-24(28(34)35)32-29(36)39-30(2,3)4/h6-15,17,24H,16,18H2,1-5H3,(H,32,36)(H,34,35). The molecule has 1 amide bonds. The quantitative estimate of drug-likeness (QED) is 0.284. The molecule has 4 rings (SSSR count). The molecule has 2 aromatic heterocycles. The number of nitrogens with zero attached hydrogens (tertiary/aromatic N) is 2. The first kappa shape index (κ1) is 27.5. The highest BCUT2D eigenvalue weighted by Crippen LogP contribution is 2.33. The van der Waals surface area contributed by atoms with Crippen molar-refractivity contribution in [3.8, 4) is 17.2 Å². The van der Waals surface area contributed by atoms with Crippen LogP contribution in [0.25, 0.3) is 11.0 Å². The summed E-state index contributed by atoms with van der Waals surface area (Å²) in [5.74, 6) is 0.939. The summed E-state index contributed by atoms with van der Waals surface area (Å²) < 4.78 is 18.7. The SMILES string of the molecule is COc1ccc(Cn2cc(C)c3c(Oc4ccc(CC(NC(=O)OC(C)(C)C)C(=O)O)cc4)ccnc32)cc1. The number of hydrogen-bond acceptors (Lipinski definition) is 6. The van der Waals surface area contributed by atoms with Crippen molar-refractivity contribution in [2.45, 2.75) is 52.3 Å². The molecule has 204 valence electrons. The van der Waals surface area contributed by atoms with Crippen molar-refractivity contribution in [1.29, 1.82) is 0 Å². The zero-order valence-electron chi connectivity index (χ0n) is 22.7. The van der Waals surface area contributed by atoms with E-state index in [2.05, 4.69) is 21.1 Å². The minimum absolute atomic E-state index is 0.0989. The molecule has 0 saturated carbocycles. The van der Waals surface area contributed by atoms with Gasteiger partial charge in [0.1, 0.15) is 34.5 Å². The van der Waals surface area contributed by atoms with E-state index in [-0.39, 0.29) is 6.42 Å². The van der Waals surface area contributed by atoms with Crippen molar-refractivity contribution in [2.24, 2.45) is 0 Å². The number of pyridine rings is 1. The minimum atomic E-state index is -1.14. The van der Waals surface area contributed by atoms with E-state index in [9.17, 15) is 14.7 Å². The molecule has 0 aliphatic rings. The first-order valence-electron chi connectivity index (χ1n) is 12.6. The Balaban J connectivity index is 1.48. The van der Waals surface area contributed by atoms with Gasteiger partial charge in [-0.25, -0.2) is 14.6 Å². The van der Waals surface area contributed by atoms with Crippen LogP contribution in [0.4, 0.5) is 4.79 Å². The molecule has 1 atom stereocenters. The maximum Gasteiger partial charge on any atom is 0.408 e. The lowest BCUT2D eigenvalue weighted by Crippen LogP contribution is -2.44. The van der Waals surface area contributed by atoms with Gasteiger partial charge in [-0.15, -0.1) is 0 Å². The van der Waals surface area contributed by atoms with Crippen LogP contribution in [0.1, 0.15) is 37.5 Å². The Labute approximate surface area is 227 Å². The molecule has 39 heavy (non-hydrogen) atoms. The van der Waals surface area contributed by atoms with Crippen LogP contribution in [0.2, 0.25) is 0 Å². The highest BCUT2D eigenvalue weighted by molar-refractivity contribution is 5.87. The van der Waals surface area contributed by atoms with Crippen molar-refractivity contribution in [2.75, 3.05) is 7.11 Å². The average Bonchev–Trinajstić information content (AvgIpc) is 3.20. The van der Waals surface area contributed by atoms with Crippen LogP contribution in [-0.2, 0) is 22.5 Å². The predicted octanol–water partition coefficient (Wildman–Crippen LogP) is 5.71. The zero-order valence-corrected chi connectivity index (χ0v) is 22.7. The highest BCUT2D eigenvalue weighted by Gasteiger charge is 2.24. The number of amides is 1. The van der Waals surface area contributed by atoms with Crippen molar-refractivity contribution >= 4 is 23.1 Å². The van der Waals surface area contributed by atoms with Gasteiger partial charge < -0.3 is 29.2 Å². The molecule has 0 fully saturated rings. The second-order valence-corrected chi connectivity index (χ2v) is 10.3. The molecule has 0 spiro atoms. The molecule has 0 saturated heterocycles. The molecule has 0 radical (unpaired) electrons.